The zero-order valence-corrected chi connectivity index (χ0v) is 22.2. The van der Waals surface area contributed by atoms with Crippen molar-refractivity contribution in [3.63, 3.8) is 0 Å². The van der Waals surface area contributed by atoms with Crippen LogP contribution in [0.5, 0.6) is 5.75 Å². The van der Waals surface area contributed by atoms with E-state index in [0.717, 1.165) is 16.9 Å². The van der Waals surface area contributed by atoms with Crippen molar-refractivity contribution in [3.05, 3.63) is 109 Å². The number of aromatic nitrogens is 1. The number of imide groups is 1. The number of nitrogens with one attached hydrogen (secondary N) is 1. The van der Waals surface area contributed by atoms with E-state index in [1.54, 1.807) is 42.5 Å². The van der Waals surface area contributed by atoms with Gasteiger partial charge in [-0.15, -0.1) is 0 Å². The number of anilines is 1. The van der Waals surface area contributed by atoms with Crippen molar-refractivity contribution in [2.24, 2.45) is 5.92 Å². The number of thiazole rings is 1. The van der Waals surface area contributed by atoms with E-state index in [0.29, 0.717) is 43.6 Å². The summed E-state index contributed by atoms with van der Waals surface area (Å²) in [6, 6.07) is 21.6. The minimum atomic E-state index is -0.746. The molecule has 3 heterocycles. The number of hydrogen-bond acceptors (Lipinski definition) is 6. The number of halogens is 2. The van der Waals surface area contributed by atoms with Crippen LogP contribution in [0.4, 0.5) is 5.69 Å². The molecule has 1 N–H and O–H groups in total. The van der Waals surface area contributed by atoms with E-state index < -0.39 is 17.1 Å². The Kier molecular flexibility index (Phi) is 6.36. The number of hydrogen-bond donors (Lipinski definition) is 1. The standard InChI is InChI=1S/C27H18Cl2N2O4S2/c28-15-6-9-17(10-7-15)31-25(32)21-20(22-24(30-27(34)37-22)36-23(21)26(31)33)18-12-16(29)8-11-19(18)35-13-14-4-2-1-3-5-14/h1-12,20-21,23H,13H2,(H,30,34)/t20-,21?,23?/m1/s1. The van der Waals surface area contributed by atoms with Crippen molar-refractivity contribution in [3.8, 4) is 5.75 Å². The summed E-state index contributed by atoms with van der Waals surface area (Å²) in [5.74, 6) is -1.47. The zero-order chi connectivity index (χ0) is 25.7. The van der Waals surface area contributed by atoms with Crippen LogP contribution >= 0.6 is 46.3 Å². The van der Waals surface area contributed by atoms with Gasteiger partial charge in [0.15, 0.2) is 0 Å². The largest absolute Gasteiger partial charge is 0.489 e. The molecule has 0 aliphatic carbocycles. The van der Waals surface area contributed by atoms with Crippen molar-refractivity contribution >= 4 is 63.8 Å². The number of aromatic amines is 1. The molecule has 0 radical (unpaired) electrons. The highest BCUT2D eigenvalue weighted by molar-refractivity contribution is 8.00. The van der Waals surface area contributed by atoms with Crippen LogP contribution in [-0.2, 0) is 16.2 Å². The van der Waals surface area contributed by atoms with Crippen LogP contribution in [0.2, 0.25) is 10.0 Å². The Balaban J connectivity index is 1.45. The van der Waals surface area contributed by atoms with Gasteiger partial charge in [0.1, 0.15) is 17.6 Å². The highest BCUT2D eigenvalue weighted by atomic mass is 35.5. The summed E-state index contributed by atoms with van der Waals surface area (Å²) in [5.41, 5.74) is 2.10. The second-order valence-electron chi connectivity index (χ2n) is 8.69. The lowest BCUT2D eigenvalue weighted by atomic mass is 9.82. The van der Waals surface area contributed by atoms with Crippen molar-refractivity contribution < 1.29 is 14.3 Å². The maximum absolute atomic E-state index is 13.9. The number of nitrogens with zero attached hydrogens (tertiary/aromatic N) is 1. The molecule has 0 spiro atoms. The molecule has 3 aromatic carbocycles. The van der Waals surface area contributed by atoms with Crippen LogP contribution in [0.25, 0.3) is 0 Å². The van der Waals surface area contributed by atoms with E-state index in [9.17, 15) is 14.4 Å². The fourth-order valence-electron chi connectivity index (χ4n) is 4.83. The molecule has 6 nitrogen and oxygen atoms in total. The second kappa shape index (κ2) is 9.68. The smallest absolute Gasteiger partial charge is 0.305 e. The maximum Gasteiger partial charge on any atom is 0.305 e. The van der Waals surface area contributed by atoms with Gasteiger partial charge in [-0.25, -0.2) is 4.90 Å². The van der Waals surface area contributed by atoms with Crippen LogP contribution in [0.3, 0.4) is 0 Å². The number of benzene rings is 3. The number of rotatable bonds is 5. The van der Waals surface area contributed by atoms with Crippen LogP contribution in [-0.4, -0.2) is 22.0 Å². The summed E-state index contributed by atoms with van der Waals surface area (Å²) in [4.78, 5) is 44.4. The third kappa shape index (κ3) is 4.38. The predicted molar refractivity (Wildman–Crippen MR) is 146 cm³/mol. The minimum Gasteiger partial charge on any atom is -0.489 e. The Hall–Kier alpha value is -3.04. The van der Waals surface area contributed by atoms with Gasteiger partial charge in [0.2, 0.25) is 11.8 Å². The zero-order valence-electron chi connectivity index (χ0n) is 19.0. The molecule has 6 rings (SSSR count). The summed E-state index contributed by atoms with van der Waals surface area (Å²) in [6.07, 6.45) is 0. The van der Waals surface area contributed by atoms with E-state index >= 15 is 0 Å². The summed E-state index contributed by atoms with van der Waals surface area (Å²) < 4.78 is 6.21. The van der Waals surface area contributed by atoms with Gasteiger partial charge >= 0.3 is 4.87 Å². The molecule has 4 aromatic rings. The van der Waals surface area contributed by atoms with Gasteiger partial charge in [-0.1, -0.05) is 76.6 Å². The number of amides is 2. The number of fused-ring (bicyclic) bond motifs is 2. The number of carbonyl (C=O) groups excluding carboxylic acids is 2. The quantitative estimate of drug-likeness (QED) is 0.293. The van der Waals surface area contributed by atoms with Crippen LogP contribution in [0, 0.1) is 5.92 Å². The van der Waals surface area contributed by atoms with Gasteiger partial charge in [-0.2, -0.15) is 0 Å². The first-order chi connectivity index (χ1) is 17.9. The third-order valence-corrected chi connectivity index (χ3v) is 9.34. The number of thioether (sulfide) groups is 1. The molecule has 2 unspecified atom stereocenters. The van der Waals surface area contributed by atoms with Gasteiger partial charge < -0.3 is 9.72 Å². The summed E-state index contributed by atoms with van der Waals surface area (Å²) >= 11 is 14.7. The summed E-state index contributed by atoms with van der Waals surface area (Å²) in [6.45, 7) is 0.311. The van der Waals surface area contributed by atoms with E-state index in [1.165, 1.54) is 16.7 Å². The fourth-order valence-corrected chi connectivity index (χ4v) is 7.64. The molecule has 0 saturated carbocycles. The molecule has 0 bridgehead atoms. The van der Waals surface area contributed by atoms with Crippen molar-refractivity contribution in [1.29, 1.82) is 0 Å². The predicted octanol–water partition coefficient (Wildman–Crippen LogP) is 6.12. The van der Waals surface area contributed by atoms with Gasteiger partial charge in [0.25, 0.3) is 0 Å². The van der Waals surface area contributed by atoms with Crippen LogP contribution in [0.15, 0.2) is 82.6 Å². The molecule has 10 heteroatoms. The molecule has 37 heavy (non-hydrogen) atoms. The van der Waals surface area contributed by atoms with Gasteiger partial charge in [0.05, 0.1) is 16.6 Å². The Morgan fingerprint density at radius 3 is 2.38 bits per heavy atom. The molecule has 3 atom stereocenters. The number of ether oxygens (including phenoxy) is 1. The molecule has 2 amide bonds. The molecule has 1 fully saturated rings. The number of H-pyrrole nitrogens is 1. The summed E-state index contributed by atoms with van der Waals surface area (Å²) in [7, 11) is 0. The van der Waals surface area contributed by atoms with E-state index in [1.807, 2.05) is 30.3 Å². The highest BCUT2D eigenvalue weighted by Gasteiger charge is 2.56. The molecular formula is C27H18Cl2N2O4S2. The van der Waals surface area contributed by atoms with Gasteiger partial charge in [0, 0.05) is 26.4 Å². The molecule has 1 aromatic heterocycles. The lowest BCUT2D eigenvalue weighted by Gasteiger charge is -2.31. The lowest BCUT2D eigenvalue weighted by molar-refractivity contribution is -0.122. The molecule has 2 aliphatic heterocycles. The van der Waals surface area contributed by atoms with E-state index in [-0.39, 0.29) is 16.7 Å². The monoisotopic (exact) mass is 568 g/mol. The Morgan fingerprint density at radius 2 is 1.62 bits per heavy atom. The van der Waals surface area contributed by atoms with Crippen LogP contribution in [0.1, 0.15) is 21.9 Å². The molecule has 2 aliphatic rings. The maximum atomic E-state index is 13.9. The second-order valence-corrected chi connectivity index (χ2v) is 11.7. The SMILES string of the molecule is O=C1C2Sc3[nH]c(=O)sc3[C@H](c3cc(Cl)ccc3OCc3ccccc3)C2C(=O)N1c1ccc(Cl)cc1. The lowest BCUT2D eigenvalue weighted by Crippen LogP contribution is -2.32. The van der Waals surface area contributed by atoms with Gasteiger partial charge in [-0.3, -0.25) is 14.4 Å². The topological polar surface area (TPSA) is 79.5 Å². The first-order valence-electron chi connectivity index (χ1n) is 11.4. The molecular weight excluding hydrogens is 551 g/mol. The van der Waals surface area contributed by atoms with Crippen LogP contribution < -0.4 is 14.5 Å². The first-order valence-corrected chi connectivity index (χ1v) is 13.8. The average molecular weight is 569 g/mol. The highest BCUT2D eigenvalue weighted by Crippen LogP contribution is 2.54. The Morgan fingerprint density at radius 1 is 0.892 bits per heavy atom. The van der Waals surface area contributed by atoms with Crippen molar-refractivity contribution in [1.82, 2.24) is 4.98 Å². The van der Waals surface area contributed by atoms with E-state index in [4.69, 9.17) is 27.9 Å². The van der Waals surface area contributed by atoms with E-state index in [2.05, 4.69) is 4.98 Å². The third-order valence-electron chi connectivity index (χ3n) is 6.45. The number of carbonyl (C=O) groups is 2. The molecule has 186 valence electrons. The van der Waals surface area contributed by atoms with Gasteiger partial charge in [-0.05, 0) is 48.0 Å². The molecule has 1 saturated heterocycles. The Bertz CT molecular complexity index is 1570. The first kappa shape index (κ1) is 24.3. The van der Waals surface area contributed by atoms with Crippen molar-refractivity contribution in [2.45, 2.75) is 22.8 Å². The van der Waals surface area contributed by atoms with Crippen molar-refractivity contribution in [2.75, 3.05) is 4.90 Å². The minimum absolute atomic E-state index is 0.245. The average Bonchev–Trinajstić information content (AvgIpc) is 3.39. The summed E-state index contributed by atoms with van der Waals surface area (Å²) in [5, 5.41) is 0.847. The fraction of sp³-hybridized carbons (Fsp3) is 0.148. The normalized spacial score (nSPS) is 20.6. The Labute approximate surface area is 230 Å².